The van der Waals surface area contributed by atoms with Crippen LogP contribution in [0.3, 0.4) is 0 Å². The maximum Gasteiger partial charge on any atom is 0.435 e. The van der Waals surface area contributed by atoms with E-state index in [0.29, 0.717) is 50.2 Å². The highest BCUT2D eigenvalue weighted by Gasteiger charge is 2.40. The first-order chi connectivity index (χ1) is 24.6. The molecule has 6 rings (SSSR count). The summed E-state index contributed by atoms with van der Waals surface area (Å²) in [5, 5.41) is 24.5. The molecule has 276 valence electrons. The number of nitrogens with one attached hydrogen (secondary N) is 1. The van der Waals surface area contributed by atoms with Gasteiger partial charge in [0, 0.05) is 70.4 Å². The number of aromatic nitrogens is 6. The standard InChI is InChI=1S/C31H32ClF3N10O4.CH2O2/c1-41-24(22-16-44(30-36-7-3-8-37-30)40-26(22)31(33,34)35)15-38-27(41)28(48)39-19-4-5-21(23(32)14-19)29(49)43-11-9-42(10-12-43)25(47)18-45(2)13-6-20(46)17-45;2-1-3/h3-5,7-8,14-16,20,46H,6,9-13,17-18H2,1-2H3;1H,(H,2,3)/t20-,45?;/m1./s1. The highest BCUT2D eigenvalue weighted by atomic mass is 35.5. The molecular weight excluding hydrogens is 713 g/mol. The molecule has 0 bridgehead atoms. The number of likely N-dealkylation sites (tertiary alicyclic amines) is 1. The fraction of sp³-hybridized carbons (Fsp3) is 0.375. The zero-order valence-electron chi connectivity index (χ0n) is 28.0. The molecule has 4 aromatic rings. The van der Waals surface area contributed by atoms with Gasteiger partial charge in [-0.25, -0.2) is 19.6 Å². The number of alkyl halides is 3. The van der Waals surface area contributed by atoms with E-state index in [2.05, 4.69) is 25.4 Å². The van der Waals surface area contributed by atoms with Crippen molar-refractivity contribution < 1.29 is 47.0 Å². The molecule has 0 radical (unpaired) electrons. The summed E-state index contributed by atoms with van der Waals surface area (Å²) in [4.78, 5) is 62.9. The summed E-state index contributed by atoms with van der Waals surface area (Å²) in [7, 11) is 3.36. The second kappa shape index (κ2) is 15.5. The van der Waals surface area contributed by atoms with Gasteiger partial charge in [0.1, 0.15) is 12.6 Å². The maximum absolute atomic E-state index is 13.9. The molecule has 0 saturated carbocycles. The van der Waals surface area contributed by atoms with Crippen molar-refractivity contribution in [2.75, 3.05) is 58.2 Å². The first-order valence-corrected chi connectivity index (χ1v) is 16.2. The molecule has 20 heteroatoms. The van der Waals surface area contributed by atoms with Crippen LogP contribution in [-0.2, 0) is 22.8 Å². The number of hydrogen-bond donors (Lipinski definition) is 2. The van der Waals surface area contributed by atoms with Crippen LogP contribution in [0.4, 0.5) is 18.9 Å². The lowest BCUT2D eigenvalue weighted by Crippen LogP contribution is -2.55. The van der Waals surface area contributed by atoms with Crippen LogP contribution in [0.2, 0.25) is 5.02 Å². The number of hydrogen-bond acceptors (Lipinski definition) is 10. The summed E-state index contributed by atoms with van der Waals surface area (Å²) in [5.41, 5.74) is -1.10. The van der Waals surface area contributed by atoms with Gasteiger partial charge in [-0.05, 0) is 24.3 Å². The molecule has 0 aliphatic carbocycles. The Kier molecular flexibility index (Phi) is 11.3. The molecule has 2 aliphatic rings. The number of carboxylic acid groups (broad SMARTS) is 1. The normalized spacial score (nSPS) is 18.8. The van der Waals surface area contributed by atoms with Crippen molar-refractivity contribution in [1.82, 2.24) is 39.1 Å². The first kappa shape index (κ1) is 37.8. The molecule has 1 unspecified atom stereocenters. The van der Waals surface area contributed by atoms with Gasteiger partial charge in [0.05, 0.1) is 41.6 Å². The first-order valence-electron chi connectivity index (χ1n) is 15.9. The predicted octanol–water partition coefficient (Wildman–Crippen LogP) is 0.849. The van der Waals surface area contributed by atoms with Gasteiger partial charge in [-0.15, -0.1) is 0 Å². The molecule has 2 fully saturated rings. The number of imidazole rings is 1. The molecule has 3 aromatic heterocycles. The average Bonchev–Trinajstić information content (AvgIpc) is 3.81. The van der Waals surface area contributed by atoms with Crippen molar-refractivity contribution in [1.29, 1.82) is 0 Å². The van der Waals surface area contributed by atoms with Gasteiger partial charge >= 0.3 is 6.18 Å². The third-order valence-corrected chi connectivity index (χ3v) is 9.07. The number of carbonyl (C=O) groups is 4. The number of anilines is 1. The van der Waals surface area contributed by atoms with Crippen LogP contribution in [0, 0.1) is 0 Å². The van der Waals surface area contributed by atoms with Crippen molar-refractivity contribution in [3.63, 3.8) is 0 Å². The van der Waals surface area contributed by atoms with E-state index in [1.807, 2.05) is 7.05 Å². The third-order valence-electron chi connectivity index (χ3n) is 8.75. The second-order valence-corrected chi connectivity index (χ2v) is 12.9. The number of quaternary nitrogens is 1. The summed E-state index contributed by atoms with van der Waals surface area (Å²) in [5.74, 6) is -1.32. The summed E-state index contributed by atoms with van der Waals surface area (Å²) in [6.07, 6.45) is 0.451. The highest BCUT2D eigenvalue weighted by Crippen LogP contribution is 2.36. The molecule has 52 heavy (non-hydrogen) atoms. The quantitative estimate of drug-likeness (QED) is 0.203. The van der Waals surface area contributed by atoms with Crippen molar-refractivity contribution in [3.8, 4) is 17.2 Å². The summed E-state index contributed by atoms with van der Waals surface area (Å²) < 4.78 is 44.4. The number of piperazine rings is 1. The predicted molar refractivity (Wildman–Crippen MR) is 176 cm³/mol. The van der Waals surface area contributed by atoms with Crippen molar-refractivity contribution >= 4 is 41.5 Å². The molecule has 0 spiro atoms. The zero-order chi connectivity index (χ0) is 37.8. The number of amides is 3. The van der Waals surface area contributed by atoms with Crippen molar-refractivity contribution in [2.45, 2.75) is 18.7 Å². The van der Waals surface area contributed by atoms with Crippen LogP contribution in [0.5, 0.6) is 0 Å². The average molecular weight is 747 g/mol. The molecule has 2 saturated heterocycles. The van der Waals surface area contributed by atoms with E-state index >= 15 is 0 Å². The third kappa shape index (κ3) is 8.38. The Hall–Kier alpha value is -5.40. The van der Waals surface area contributed by atoms with E-state index in [-0.39, 0.29) is 51.1 Å². The van der Waals surface area contributed by atoms with Gasteiger partial charge in [-0.1, -0.05) is 11.6 Å². The van der Waals surface area contributed by atoms with Gasteiger partial charge in [0.2, 0.25) is 5.95 Å². The molecule has 1 aromatic carbocycles. The summed E-state index contributed by atoms with van der Waals surface area (Å²) in [6, 6.07) is 5.88. The van der Waals surface area contributed by atoms with Crippen LogP contribution in [-0.4, -0.2) is 132 Å². The van der Waals surface area contributed by atoms with Gasteiger partial charge in [0.25, 0.3) is 17.7 Å². The van der Waals surface area contributed by atoms with Crippen LogP contribution >= 0.6 is 11.6 Å². The molecular formula is C32H34ClF3N10O6. The molecule has 2 aliphatic heterocycles. The highest BCUT2D eigenvalue weighted by molar-refractivity contribution is 6.34. The summed E-state index contributed by atoms with van der Waals surface area (Å²) >= 11 is 6.47. The minimum atomic E-state index is -4.82. The maximum atomic E-state index is 13.9. The second-order valence-electron chi connectivity index (χ2n) is 12.5. The fourth-order valence-corrected chi connectivity index (χ4v) is 6.42. The molecule has 3 amide bonds. The number of nitrogens with zero attached hydrogens (tertiary/aromatic N) is 9. The van der Waals surface area contributed by atoms with Gasteiger partial charge in [-0.2, -0.15) is 18.3 Å². The minimum Gasteiger partial charge on any atom is -0.554 e. The molecule has 2 atom stereocenters. The lowest BCUT2D eigenvalue weighted by Gasteiger charge is -2.37. The van der Waals surface area contributed by atoms with Gasteiger partial charge < -0.3 is 39.2 Å². The number of aliphatic hydroxyl groups excluding tert-OH is 1. The van der Waals surface area contributed by atoms with Crippen LogP contribution in [0.15, 0.2) is 49.1 Å². The number of aliphatic hydroxyl groups is 1. The lowest BCUT2D eigenvalue weighted by molar-refractivity contribution is -0.891. The van der Waals surface area contributed by atoms with Crippen LogP contribution in [0.25, 0.3) is 17.2 Å². The van der Waals surface area contributed by atoms with Crippen molar-refractivity contribution in [3.05, 3.63) is 71.2 Å². The van der Waals surface area contributed by atoms with E-state index in [0.717, 1.165) is 23.6 Å². The molecule has 2 N–H and O–H groups in total. The van der Waals surface area contributed by atoms with Crippen LogP contribution in [0.1, 0.15) is 33.1 Å². The van der Waals surface area contributed by atoms with E-state index in [1.54, 1.807) is 9.80 Å². The largest absolute Gasteiger partial charge is 0.554 e. The Morgan fingerprint density at radius 1 is 1.12 bits per heavy atom. The number of likely N-dealkylation sites (N-methyl/N-ethyl adjacent to an activating group) is 1. The van der Waals surface area contributed by atoms with Crippen LogP contribution < -0.4 is 10.4 Å². The molecule has 16 nitrogen and oxygen atoms in total. The number of halogens is 4. The Bertz CT molecular complexity index is 1950. The number of benzene rings is 1. The Balaban J connectivity index is 0.00000168. The van der Waals surface area contributed by atoms with Crippen molar-refractivity contribution in [2.24, 2.45) is 7.05 Å². The van der Waals surface area contributed by atoms with E-state index in [4.69, 9.17) is 21.5 Å². The van der Waals surface area contributed by atoms with E-state index in [9.17, 15) is 32.7 Å². The number of rotatable bonds is 7. The monoisotopic (exact) mass is 746 g/mol. The number of carbonyl (C=O) groups excluding carboxylic acids is 4. The topological polar surface area (TPSA) is 191 Å². The Labute approximate surface area is 299 Å². The summed E-state index contributed by atoms with van der Waals surface area (Å²) in [6.45, 7) is 2.46. The Morgan fingerprint density at radius 2 is 1.77 bits per heavy atom. The van der Waals surface area contributed by atoms with E-state index < -0.39 is 30.4 Å². The van der Waals surface area contributed by atoms with Gasteiger partial charge in [0.15, 0.2) is 18.1 Å². The zero-order valence-corrected chi connectivity index (χ0v) is 28.7. The fourth-order valence-electron chi connectivity index (χ4n) is 6.16. The molecule has 5 heterocycles. The van der Waals surface area contributed by atoms with E-state index in [1.165, 1.54) is 48.3 Å². The SMILES string of the molecule is Cn1c(-c2cn(-c3ncccn3)nc2C(F)(F)F)cnc1C(=O)Nc1ccc(C(=O)N2CCN(C(=O)C[N+]3(C)CC[C@@H](O)C3)CC2)c(Cl)c1.O=C[O-]. The lowest BCUT2D eigenvalue weighted by atomic mass is 10.1. The minimum absolute atomic E-state index is 0.0145. The van der Waals surface area contributed by atoms with Gasteiger partial charge in [-0.3, -0.25) is 14.4 Å². The smallest absolute Gasteiger partial charge is 0.435 e. The Morgan fingerprint density at radius 3 is 2.37 bits per heavy atom.